The van der Waals surface area contributed by atoms with Crippen molar-refractivity contribution >= 4 is 11.9 Å². The topological polar surface area (TPSA) is 95.2 Å². The number of nitrogens with one attached hydrogen (secondary N) is 1. The van der Waals surface area contributed by atoms with Gasteiger partial charge in [0.05, 0.1) is 6.10 Å². The van der Waals surface area contributed by atoms with Crippen molar-refractivity contribution in [1.29, 1.82) is 0 Å². The van der Waals surface area contributed by atoms with E-state index in [1.807, 2.05) is 13.8 Å². The SMILES string of the molecule is COCCC(C)(C)CNc1nc(N)nc(OC(C)C)n1. The summed E-state index contributed by atoms with van der Waals surface area (Å²) < 4.78 is 10.5. The highest BCUT2D eigenvalue weighted by molar-refractivity contribution is 5.32. The fourth-order valence-corrected chi connectivity index (χ4v) is 1.50. The molecule has 0 aliphatic heterocycles. The second-order valence-electron chi connectivity index (χ2n) is 5.73. The lowest BCUT2D eigenvalue weighted by Crippen LogP contribution is -2.25. The van der Waals surface area contributed by atoms with E-state index in [2.05, 4.69) is 34.1 Å². The molecular weight excluding hydrogens is 258 g/mol. The predicted molar refractivity (Wildman–Crippen MR) is 78.8 cm³/mol. The van der Waals surface area contributed by atoms with Crippen LogP contribution < -0.4 is 15.8 Å². The second-order valence-corrected chi connectivity index (χ2v) is 5.73. The molecule has 0 atom stereocenters. The number of ether oxygens (including phenoxy) is 2. The van der Waals surface area contributed by atoms with Crippen molar-refractivity contribution in [2.45, 2.75) is 40.2 Å². The van der Waals surface area contributed by atoms with Gasteiger partial charge in [0, 0.05) is 20.3 Å². The summed E-state index contributed by atoms with van der Waals surface area (Å²) in [6.07, 6.45) is 0.926. The van der Waals surface area contributed by atoms with Gasteiger partial charge in [-0.25, -0.2) is 0 Å². The van der Waals surface area contributed by atoms with E-state index in [9.17, 15) is 0 Å². The van der Waals surface area contributed by atoms with Crippen LogP contribution in [-0.4, -0.2) is 41.3 Å². The molecule has 0 fully saturated rings. The molecule has 20 heavy (non-hydrogen) atoms. The molecule has 0 saturated carbocycles. The van der Waals surface area contributed by atoms with Crippen LogP contribution >= 0.6 is 0 Å². The first-order valence-electron chi connectivity index (χ1n) is 6.73. The fraction of sp³-hybridized carbons (Fsp3) is 0.769. The van der Waals surface area contributed by atoms with Gasteiger partial charge in [0.15, 0.2) is 0 Å². The Morgan fingerprint density at radius 2 is 1.95 bits per heavy atom. The van der Waals surface area contributed by atoms with Gasteiger partial charge in [-0.1, -0.05) is 13.8 Å². The minimum atomic E-state index is -0.0113. The van der Waals surface area contributed by atoms with E-state index in [-0.39, 0.29) is 23.5 Å². The van der Waals surface area contributed by atoms with Gasteiger partial charge in [-0.2, -0.15) is 15.0 Å². The van der Waals surface area contributed by atoms with Crippen molar-refractivity contribution in [1.82, 2.24) is 15.0 Å². The number of nitrogen functional groups attached to an aromatic ring is 1. The third-order valence-corrected chi connectivity index (χ3v) is 2.68. The number of hydrogen-bond donors (Lipinski definition) is 2. The van der Waals surface area contributed by atoms with Crippen molar-refractivity contribution < 1.29 is 9.47 Å². The number of anilines is 2. The van der Waals surface area contributed by atoms with Gasteiger partial charge in [-0.05, 0) is 25.7 Å². The Kier molecular flexibility index (Phi) is 5.94. The maximum absolute atomic E-state index is 5.65. The van der Waals surface area contributed by atoms with Crippen LogP contribution in [-0.2, 0) is 4.74 Å². The van der Waals surface area contributed by atoms with Gasteiger partial charge in [0.25, 0.3) is 0 Å². The molecule has 1 rings (SSSR count). The molecule has 0 aliphatic carbocycles. The zero-order valence-electron chi connectivity index (χ0n) is 12.9. The van der Waals surface area contributed by atoms with Crippen molar-refractivity contribution in [2.75, 3.05) is 31.3 Å². The van der Waals surface area contributed by atoms with E-state index in [4.69, 9.17) is 15.2 Å². The molecule has 0 spiro atoms. The molecule has 7 nitrogen and oxygen atoms in total. The standard InChI is InChI=1S/C13H25N5O2/c1-9(2)20-12-17-10(14)16-11(18-12)15-8-13(3,4)6-7-19-5/h9H,6-8H2,1-5H3,(H3,14,15,16,17,18). The molecular formula is C13H25N5O2. The molecule has 1 aromatic heterocycles. The number of nitrogens with zero attached hydrogens (tertiary/aromatic N) is 3. The maximum atomic E-state index is 5.65. The Bertz CT molecular complexity index is 423. The summed E-state index contributed by atoms with van der Waals surface area (Å²) in [5, 5.41) is 3.17. The van der Waals surface area contributed by atoms with Gasteiger partial charge in [-0.15, -0.1) is 0 Å². The Labute approximate surface area is 120 Å². The molecule has 0 aromatic carbocycles. The molecule has 1 heterocycles. The Balaban J connectivity index is 2.65. The fourth-order valence-electron chi connectivity index (χ4n) is 1.50. The molecule has 0 saturated heterocycles. The highest BCUT2D eigenvalue weighted by atomic mass is 16.5. The first-order valence-corrected chi connectivity index (χ1v) is 6.73. The van der Waals surface area contributed by atoms with E-state index in [0.29, 0.717) is 12.5 Å². The summed E-state index contributed by atoms with van der Waals surface area (Å²) >= 11 is 0. The summed E-state index contributed by atoms with van der Waals surface area (Å²) in [5.74, 6) is 0.575. The summed E-state index contributed by atoms with van der Waals surface area (Å²) in [7, 11) is 1.70. The van der Waals surface area contributed by atoms with Crippen LogP contribution in [0.3, 0.4) is 0 Å². The number of methoxy groups -OCH3 is 1. The third kappa shape index (κ3) is 6.01. The molecule has 0 amide bonds. The quantitative estimate of drug-likeness (QED) is 0.750. The lowest BCUT2D eigenvalue weighted by molar-refractivity contribution is 0.157. The molecule has 0 bridgehead atoms. The van der Waals surface area contributed by atoms with Crippen LogP contribution in [0.4, 0.5) is 11.9 Å². The number of aromatic nitrogens is 3. The smallest absolute Gasteiger partial charge is 0.323 e. The van der Waals surface area contributed by atoms with Gasteiger partial charge in [0.1, 0.15) is 0 Å². The summed E-state index contributed by atoms with van der Waals surface area (Å²) in [6.45, 7) is 9.53. The Hall–Kier alpha value is -1.63. The summed E-state index contributed by atoms with van der Waals surface area (Å²) in [4.78, 5) is 12.2. The van der Waals surface area contributed by atoms with Crippen LogP contribution in [0.1, 0.15) is 34.1 Å². The van der Waals surface area contributed by atoms with Gasteiger partial charge < -0.3 is 20.5 Å². The first-order chi connectivity index (χ1) is 9.32. The Morgan fingerprint density at radius 1 is 1.25 bits per heavy atom. The van der Waals surface area contributed by atoms with E-state index >= 15 is 0 Å². The number of rotatable bonds is 8. The lowest BCUT2D eigenvalue weighted by Gasteiger charge is -2.24. The summed E-state index contributed by atoms with van der Waals surface area (Å²) in [5.41, 5.74) is 5.72. The molecule has 1 aromatic rings. The minimum Gasteiger partial charge on any atom is -0.461 e. The summed E-state index contributed by atoms with van der Waals surface area (Å²) in [6, 6.07) is 0.240. The highest BCUT2D eigenvalue weighted by Gasteiger charge is 2.18. The maximum Gasteiger partial charge on any atom is 0.323 e. The van der Waals surface area contributed by atoms with E-state index < -0.39 is 0 Å². The van der Waals surface area contributed by atoms with Crippen molar-refractivity contribution in [3.8, 4) is 6.01 Å². The van der Waals surface area contributed by atoms with Crippen molar-refractivity contribution in [3.05, 3.63) is 0 Å². The van der Waals surface area contributed by atoms with Crippen LogP contribution in [0.25, 0.3) is 0 Å². The van der Waals surface area contributed by atoms with Gasteiger partial charge in [-0.3, -0.25) is 0 Å². The van der Waals surface area contributed by atoms with E-state index in [1.165, 1.54) is 0 Å². The van der Waals surface area contributed by atoms with Crippen LogP contribution in [0.2, 0.25) is 0 Å². The van der Waals surface area contributed by atoms with E-state index in [1.54, 1.807) is 7.11 Å². The lowest BCUT2D eigenvalue weighted by atomic mass is 9.90. The monoisotopic (exact) mass is 283 g/mol. The largest absolute Gasteiger partial charge is 0.461 e. The van der Waals surface area contributed by atoms with Gasteiger partial charge in [0.2, 0.25) is 11.9 Å². The average Bonchev–Trinajstić information content (AvgIpc) is 2.33. The zero-order valence-corrected chi connectivity index (χ0v) is 12.9. The highest BCUT2D eigenvalue weighted by Crippen LogP contribution is 2.21. The van der Waals surface area contributed by atoms with Crippen molar-refractivity contribution in [3.63, 3.8) is 0 Å². The third-order valence-electron chi connectivity index (χ3n) is 2.68. The molecule has 0 unspecified atom stereocenters. The average molecular weight is 283 g/mol. The molecule has 0 radical (unpaired) electrons. The number of hydrogen-bond acceptors (Lipinski definition) is 7. The van der Waals surface area contributed by atoms with Crippen molar-refractivity contribution in [2.24, 2.45) is 5.41 Å². The zero-order chi connectivity index (χ0) is 15.2. The Morgan fingerprint density at radius 3 is 2.55 bits per heavy atom. The van der Waals surface area contributed by atoms with Crippen LogP contribution in [0.15, 0.2) is 0 Å². The van der Waals surface area contributed by atoms with Gasteiger partial charge >= 0.3 is 6.01 Å². The molecule has 0 aliphatic rings. The van der Waals surface area contributed by atoms with E-state index in [0.717, 1.165) is 13.0 Å². The number of nitrogens with two attached hydrogens (primary N) is 1. The second kappa shape index (κ2) is 7.23. The van der Waals surface area contributed by atoms with Crippen LogP contribution in [0, 0.1) is 5.41 Å². The normalized spacial score (nSPS) is 11.7. The predicted octanol–water partition coefficient (Wildman–Crippen LogP) is 1.72. The molecule has 3 N–H and O–H groups in total. The minimum absolute atomic E-state index is 0.0113. The van der Waals surface area contributed by atoms with Crippen LogP contribution in [0.5, 0.6) is 6.01 Å². The molecule has 7 heteroatoms. The first kappa shape index (κ1) is 16.4. The molecule has 114 valence electrons.